The standard InChI is InChI=1S/C17H25N5O3S/c1-2-3-6-18-15(23)13-26-17-20-19-16(21-7-10-24-11-8-21)22(17)12-14-5-4-9-25-14/h4-5,9H,2-3,6-8,10-13H2,1H3,(H,18,23). The number of hydrogen-bond donors (Lipinski definition) is 1. The maximum Gasteiger partial charge on any atom is 0.230 e. The quantitative estimate of drug-likeness (QED) is 0.525. The van der Waals surface area contributed by atoms with Crippen molar-refractivity contribution < 1.29 is 13.9 Å². The number of thioether (sulfide) groups is 1. The van der Waals surface area contributed by atoms with Crippen LogP contribution in [0.4, 0.5) is 5.95 Å². The molecule has 3 rings (SSSR count). The summed E-state index contributed by atoms with van der Waals surface area (Å²) in [5, 5.41) is 12.3. The molecule has 0 unspecified atom stereocenters. The minimum absolute atomic E-state index is 0.0175. The second-order valence-corrected chi connectivity index (χ2v) is 6.98. The highest BCUT2D eigenvalue weighted by molar-refractivity contribution is 7.99. The largest absolute Gasteiger partial charge is 0.467 e. The van der Waals surface area contributed by atoms with Gasteiger partial charge in [0.15, 0.2) is 5.16 Å². The van der Waals surface area contributed by atoms with Gasteiger partial charge in [0.2, 0.25) is 11.9 Å². The Hall–Kier alpha value is -2.00. The Morgan fingerprint density at radius 2 is 2.19 bits per heavy atom. The predicted molar refractivity (Wildman–Crippen MR) is 99.5 cm³/mol. The molecule has 2 aromatic rings. The van der Waals surface area contributed by atoms with E-state index < -0.39 is 0 Å². The molecule has 142 valence electrons. The van der Waals surface area contributed by atoms with Gasteiger partial charge in [0.05, 0.1) is 31.8 Å². The predicted octanol–water partition coefficient (Wildman–Crippen LogP) is 1.76. The topological polar surface area (TPSA) is 85.4 Å². The van der Waals surface area contributed by atoms with Crippen LogP contribution in [-0.2, 0) is 16.1 Å². The van der Waals surface area contributed by atoms with Crippen molar-refractivity contribution in [1.29, 1.82) is 0 Å². The van der Waals surface area contributed by atoms with Gasteiger partial charge in [-0.15, -0.1) is 10.2 Å². The Kier molecular flexibility index (Phi) is 6.96. The Bertz CT molecular complexity index is 683. The van der Waals surface area contributed by atoms with Gasteiger partial charge < -0.3 is 19.4 Å². The van der Waals surface area contributed by atoms with Gasteiger partial charge in [-0.25, -0.2) is 0 Å². The van der Waals surface area contributed by atoms with E-state index in [1.807, 2.05) is 16.7 Å². The average molecular weight is 379 g/mol. The van der Waals surface area contributed by atoms with Crippen LogP contribution in [0.25, 0.3) is 0 Å². The molecule has 8 nitrogen and oxygen atoms in total. The average Bonchev–Trinajstić information content (AvgIpc) is 3.31. The number of ether oxygens (including phenoxy) is 1. The lowest BCUT2D eigenvalue weighted by Gasteiger charge is -2.27. The number of carbonyl (C=O) groups is 1. The maximum absolute atomic E-state index is 12.0. The molecule has 0 bridgehead atoms. The maximum atomic E-state index is 12.0. The summed E-state index contributed by atoms with van der Waals surface area (Å²) < 4.78 is 12.9. The number of nitrogens with zero attached hydrogens (tertiary/aromatic N) is 4. The van der Waals surface area contributed by atoms with Crippen LogP contribution in [0, 0.1) is 0 Å². The molecule has 0 atom stereocenters. The molecule has 1 aliphatic rings. The van der Waals surface area contributed by atoms with Crippen molar-refractivity contribution in [3.63, 3.8) is 0 Å². The summed E-state index contributed by atoms with van der Waals surface area (Å²) in [5.41, 5.74) is 0. The SMILES string of the molecule is CCCCNC(=O)CSc1nnc(N2CCOCC2)n1Cc1ccco1. The second kappa shape index (κ2) is 9.63. The lowest BCUT2D eigenvalue weighted by Crippen LogP contribution is -2.38. The fourth-order valence-corrected chi connectivity index (χ4v) is 3.43. The van der Waals surface area contributed by atoms with Crippen LogP contribution in [0.1, 0.15) is 25.5 Å². The molecule has 3 heterocycles. The van der Waals surface area contributed by atoms with Crippen molar-refractivity contribution in [2.24, 2.45) is 0 Å². The summed E-state index contributed by atoms with van der Waals surface area (Å²) in [4.78, 5) is 14.2. The number of unbranched alkanes of at least 4 members (excludes halogenated alkanes) is 1. The van der Waals surface area contributed by atoms with Gasteiger partial charge in [0.1, 0.15) is 5.76 Å². The number of rotatable bonds is 9. The molecule has 1 N–H and O–H groups in total. The highest BCUT2D eigenvalue weighted by Crippen LogP contribution is 2.24. The molecule has 0 aromatic carbocycles. The molecular formula is C17H25N5O3S. The number of hydrogen-bond acceptors (Lipinski definition) is 7. The molecule has 1 amide bonds. The fraction of sp³-hybridized carbons (Fsp3) is 0.588. The van der Waals surface area contributed by atoms with Crippen molar-refractivity contribution in [2.75, 3.05) is 43.5 Å². The van der Waals surface area contributed by atoms with Crippen molar-refractivity contribution in [3.8, 4) is 0 Å². The molecule has 1 fully saturated rings. The second-order valence-electron chi connectivity index (χ2n) is 6.04. The molecule has 26 heavy (non-hydrogen) atoms. The van der Waals surface area contributed by atoms with E-state index in [9.17, 15) is 4.79 Å². The van der Waals surface area contributed by atoms with Crippen molar-refractivity contribution >= 4 is 23.6 Å². The zero-order valence-electron chi connectivity index (χ0n) is 15.0. The summed E-state index contributed by atoms with van der Waals surface area (Å²) in [6.45, 7) is 6.26. The van der Waals surface area contributed by atoms with Crippen LogP contribution in [0.3, 0.4) is 0 Å². The highest BCUT2D eigenvalue weighted by Gasteiger charge is 2.21. The van der Waals surface area contributed by atoms with E-state index >= 15 is 0 Å². The molecule has 1 saturated heterocycles. The summed E-state index contributed by atoms with van der Waals surface area (Å²) in [6.07, 6.45) is 3.71. The zero-order valence-corrected chi connectivity index (χ0v) is 15.8. The molecule has 0 spiro atoms. The monoisotopic (exact) mass is 379 g/mol. The third-order valence-electron chi connectivity index (χ3n) is 4.07. The van der Waals surface area contributed by atoms with Crippen LogP contribution < -0.4 is 10.2 Å². The van der Waals surface area contributed by atoms with Crippen molar-refractivity contribution in [3.05, 3.63) is 24.2 Å². The third-order valence-corrected chi connectivity index (χ3v) is 5.04. The normalized spacial score (nSPS) is 14.6. The first-order valence-corrected chi connectivity index (χ1v) is 9.94. The number of nitrogens with one attached hydrogen (secondary N) is 1. The van der Waals surface area contributed by atoms with E-state index in [4.69, 9.17) is 9.15 Å². The minimum Gasteiger partial charge on any atom is -0.467 e. The van der Waals surface area contributed by atoms with Gasteiger partial charge in [-0.1, -0.05) is 25.1 Å². The van der Waals surface area contributed by atoms with E-state index in [2.05, 4.69) is 27.3 Å². The van der Waals surface area contributed by atoms with Crippen LogP contribution in [-0.4, -0.2) is 59.3 Å². The molecule has 0 saturated carbocycles. The summed E-state index contributed by atoms with van der Waals surface area (Å²) >= 11 is 1.40. The van der Waals surface area contributed by atoms with E-state index in [0.29, 0.717) is 37.2 Å². The van der Waals surface area contributed by atoms with Gasteiger partial charge in [0.25, 0.3) is 0 Å². The van der Waals surface area contributed by atoms with E-state index in [0.717, 1.165) is 37.6 Å². The van der Waals surface area contributed by atoms with Gasteiger partial charge >= 0.3 is 0 Å². The first-order chi connectivity index (χ1) is 12.8. The van der Waals surface area contributed by atoms with Gasteiger partial charge in [0, 0.05) is 19.6 Å². The number of anilines is 1. The van der Waals surface area contributed by atoms with Crippen LogP contribution in [0.5, 0.6) is 0 Å². The zero-order chi connectivity index (χ0) is 18.2. The Labute approximate surface area is 157 Å². The van der Waals surface area contributed by atoms with Gasteiger partial charge in [-0.05, 0) is 18.6 Å². The molecular weight excluding hydrogens is 354 g/mol. The molecule has 0 aliphatic carbocycles. The smallest absolute Gasteiger partial charge is 0.230 e. The Morgan fingerprint density at radius 3 is 2.92 bits per heavy atom. The Balaban J connectivity index is 1.69. The molecule has 9 heteroatoms. The first kappa shape index (κ1) is 18.8. The summed E-state index contributed by atoms with van der Waals surface area (Å²) in [6, 6.07) is 3.79. The van der Waals surface area contributed by atoms with Gasteiger partial charge in [-0.2, -0.15) is 0 Å². The number of furan rings is 1. The van der Waals surface area contributed by atoms with Crippen LogP contribution in [0.15, 0.2) is 28.0 Å². The highest BCUT2D eigenvalue weighted by atomic mass is 32.2. The molecule has 1 aliphatic heterocycles. The molecule has 2 aromatic heterocycles. The molecule has 0 radical (unpaired) electrons. The van der Waals surface area contributed by atoms with Crippen molar-refractivity contribution in [2.45, 2.75) is 31.5 Å². The lowest BCUT2D eigenvalue weighted by atomic mass is 10.3. The third kappa shape index (κ3) is 5.01. The number of morpholine rings is 1. The van der Waals surface area contributed by atoms with Gasteiger partial charge in [-0.3, -0.25) is 9.36 Å². The lowest BCUT2D eigenvalue weighted by molar-refractivity contribution is -0.118. The minimum atomic E-state index is 0.0175. The fourth-order valence-electron chi connectivity index (χ4n) is 2.67. The Morgan fingerprint density at radius 1 is 1.35 bits per heavy atom. The van der Waals surface area contributed by atoms with Crippen LogP contribution >= 0.6 is 11.8 Å². The summed E-state index contributed by atoms with van der Waals surface area (Å²) in [5.74, 6) is 1.96. The van der Waals surface area contributed by atoms with Crippen LogP contribution in [0.2, 0.25) is 0 Å². The van der Waals surface area contributed by atoms with E-state index in [-0.39, 0.29) is 5.91 Å². The van der Waals surface area contributed by atoms with Crippen molar-refractivity contribution in [1.82, 2.24) is 20.1 Å². The number of carbonyl (C=O) groups excluding carboxylic acids is 1. The van der Waals surface area contributed by atoms with E-state index in [1.54, 1.807) is 6.26 Å². The first-order valence-electron chi connectivity index (χ1n) is 8.95. The number of amides is 1. The summed E-state index contributed by atoms with van der Waals surface area (Å²) in [7, 11) is 0. The van der Waals surface area contributed by atoms with E-state index in [1.165, 1.54) is 11.8 Å². The number of aromatic nitrogens is 3.